The molecule has 2 rings (SSSR count). The molecule has 1 aliphatic rings. The van der Waals surface area contributed by atoms with Crippen LogP contribution in [0.15, 0.2) is 60.5 Å². The number of benzene rings is 1. The van der Waals surface area contributed by atoms with Crippen LogP contribution in [0.1, 0.15) is 12.0 Å². The van der Waals surface area contributed by atoms with Crippen molar-refractivity contribution in [1.82, 2.24) is 0 Å². The lowest BCUT2D eigenvalue weighted by Gasteiger charge is -2.05. The molecule has 0 radical (unpaired) electrons. The Morgan fingerprint density at radius 1 is 1.26 bits per heavy atom. The lowest BCUT2D eigenvalue weighted by atomic mass is 10.2. The summed E-state index contributed by atoms with van der Waals surface area (Å²) in [6, 6.07) is 7.27. The van der Waals surface area contributed by atoms with Gasteiger partial charge in [0.1, 0.15) is 10.1 Å². The van der Waals surface area contributed by atoms with Gasteiger partial charge in [-0.2, -0.15) is 5.26 Å². The number of ether oxygens (including phenoxy) is 1. The molecule has 1 aliphatic heterocycles. The van der Waals surface area contributed by atoms with Gasteiger partial charge in [-0.25, -0.2) is 13.2 Å². The highest BCUT2D eigenvalue weighted by Gasteiger charge is 2.14. The monoisotopic (exact) mass is 334 g/mol. The van der Waals surface area contributed by atoms with Crippen LogP contribution in [-0.4, -0.2) is 25.5 Å². The summed E-state index contributed by atoms with van der Waals surface area (Å²) in [6.45, 7) is 10.6. The number of allylic oxidation sites excluding steroid dienone is 1. The predicted octanol–water partition coefficient (Wildman–Crippen LogP) is 2.42. The highest BCUT2D eigenvalue weighted by atomic mass is 32.2. The number of rotatable bonds is 2. The van der Waals surface area contributed by atoms with Gasteiger partial charge >= 0.3 is 5.97 Å². The Bertz CT molecular complexity index is 698. The second kappa shape index (κ2) is 10.1. The Morgan fingerprint density at radius 3 is 2.00 bits per heavy atom. The molecule has 0 bridgehead atoms. The third-order valence-electron chi connectivity index (χ3n) is 2.42. The number of hydrogen-bond acceptors (Lipinski definition) is 6. The van der Waals surface area contributed by atoms with Crippen LogP contribution in [0.3, 0.4) is 0 Å². The van der Waals surface area contributed by atoms with Crippen LogP contribution in [0.4, 0.5) is 0 Å². The fourth-order valence-corrected chi connectivity index (χ4v) is 1.71. The van der Waals surface area contributed by atoms with Crippen molar-refractivity contribution in [2.45, 2.75) is 11.3 Å². The van der Waals surface area contributed by atoms with Gasteiger partial charge in [-0.15, -0.1) is 0 Å². The first-order valence-electron chi connectivity index (χ1n) is 6.30. The Hall–Kier alpha value is -2.69. The van der Waals surface area contributed by atoms with Crippen molar-refractivity contribution in [3.8, 4) is 6.07 Å². The molecule has 1 fully saturated rings. The zero-order valence-electron chi connectivity index (χ0n) is 12.4. The van der Waals surface area contributed by atoms with E-state index in [1.807, 2.05) is 0 Å². The molecule has 1 aromatic carbocycles. The summed E-state index contributed by atoms with van der Waals surface area (Å²) in [5.74, 6) is -0.236. The lowest BCUT2D eigenvalue weighted by molar-refractivity contribution is -0.135. The molecule has 1 heterocycles. The van der Waals surface area contributed by atoms with Crippen molar-refractivity contribution >= 4 is 22.2 Å². The molecule has 122 valence electrons. The number of esters is 1. The lowest BCUT2D eigenvalue weighted by Crippen LogP contribution is -1.97. The van der Waals surface area contributed by atoms with Crippen LogP contribution in [0.25, 0.3) is 6.08 Å². The molecular weight excluding hydrogens is 318 g/mol. The van der Waals surface area contributed by atoms with E-state index < -0.39 is 10.1 Å². The standard InChI is InChI=1S/C8H8O3S.C5H6O2.C3H3N/c1-2-7-3-5-8(6-4-7)12(9,10)11;1-4-2-3-7-5(4)6;1-2-3-4/h2-6H,1H2,(H,9,10,11);1-3H2;2H,1H2/p-1. The van der Waals surface area contributed by atoms with Crippen LogP contribution in [0, 0.1) is 11.3 Å². The smallest absolute Gasteiger partial charge is 0.333 e. The maximum atomic E-state index is 10.5. The van der Waals surface area contributed by atoms with Crippen LogP contribution >= 0.6 is 0 Å². The van der Waals surface area contributed by atoms with Crippen molar-refractivity contribution in [2.24, 2.45) is 0 Å². The first-order chi connectivity index (χ1) is 10.8. The summed E-state index contributed by atoms with van der Waals surface area (Å²) in [6.07, 6.45) is 3.46. The van der Waals surface area contributed by atoms with Crippen molar-refractivity contribution in [1.29, 1.82) is 5.26 Å². The molecule has 0 aliphatic carbocycles. The summed E-state index contributed by atoms with van der Waals surface area (Å²) < 4.78 is 35.9. The van der Waals surface area contributed by atoms with E-state index in [0.29, 0.717) is 18.6 Å². The van der Waals surface area contributed by atoms with Gasteiger partial charge in [-0.05, 0) is 17.7 Å². The molecule has 0 saturated carbocycles. The molecule has 0 unspecified atom stereocenters. The van der Waals surface area contributed by atoms with Crippen molar-refractivity contribution in [2.75, 3.05) is 6.61 Å². The maximum absolute atomic E-state index is 10.5. The Labute approximate surface area is 135 Å². The average Bonchev–Trinajstić information content (AvgIpc) is 2.91. The number of nitrogens with zero attached hydrogens (tertiary/aromatic N) is 1. The maximum Gasteiger partial charge on any atom is 0.333 e. The van der Waals surface area contributed by atoms with E-state index in [2.05, 4.69) is 24.5 Å². The second-order valence-electron chi connectivity index (χ2n) is 4.05. The molecule has 23 heavy (non-hydrogen) atoms. The average molecular weight is 334 g/mol. The zero-order chi connectivity index (χ0) is 17.9. The fourth-order valence-electron chi connectivity index (χ4n) is 1.24. The SMILES string of the molecule is C=C1CCOC1=O.C=CC#N.C=Cc1ccc(S(=O)(=O)[O-])cc1. The van der Waals surface area contributed by atoms with Crippen LogP contribution < -0.4 is 0 Å². The van der Waals surface area contributed by atoms with E-state index >= 15 is 0 Å². The summed E-state index contributed by atoms with van der Waals surface area (Å²) in [7, 11) is -4.31. The van der Waals surface area contributed by atoms with E-state index in [-0.39, 0.29) is 10.9 Å². The topological polar surface area (TPSA) is 107 Å². The molecule has 0 amide bonds. The molecule has 7 heteroatoms. The second-order valence-corrected chi connectivity index (χ2v) is 5.43. The first-order valence-corrected chi connectivity index (χ1v) is 7.71. The van der Waals surface area contributed by atoms with Crippen molar-refractivity contribution in [3.63, 3.8) is 0 Å². The third-order valence-corrected chi connectivity index (χ3v) is 3.27. The van der Waals surface area contributed by atoms with Gasteiger partial charge in [0.2, 0.25) is 0 Å². The van der Waals surface area contributed by atoms with E-state index in [1.54, 1.807) is 12.1 Å². The van der Waals surface area contributed by atoms with Gasteiger partial charge in [0, 0.05) is 18.1 Å². The molecule has 1 aromatic rings. The minimum Gasteiger partial charge on any atom is -0.744 e. The number of hydrogen-bond donors (Lipinski definition) is 0. The van der Waals surface area contributed by atoms with E-state index in [1.165, 1.54) is 30.3 Å². The normalized spacial score (nSPS) is 12.5. The van der Waals surface area contributed by atoms with Crippen LogP contribution in [0.5, 0.6) is 0 Å². The molecule has 0 atom stereocenters. The van der Waals surface area contributed by atoms with Crippen LogP contribution in [0.2, 0.25) is 0 Å². The van der Waals surface area contributed by atoms with Crippen molar-refractivity contribution in [3.05, 3.63) is 61.2 Å². The van der Waals surface area contributed by atoms with Gasteiger partial charge < -0.3 is 9.29 Å². The molecule has 0 spiro atoms. The predicted molar refractivity (Wildman–Crippen MR) is 85.0 cm³/mol. The van der Waals surface area contributed by atoms with Gasteiger partial charge in [-0.1, -0.05) is 37.9 Å². The van der Waals surface area contributed by atoms with Gasteiger partial charge in [0.15, 0.2) is 0 Å². The number of carbonyl (C=O) groups excluding carboxylic acids is 1. The van der Waals surface area contributed by atoms with Gasteiger partial charge in [-0.3, -0.25) is 0 Å². The molecule has 0 aromatic heterocycles. The summed E-state index contributed by atoms with van der Waals surface area (Å²) >= 11 is 0. The summed E-state index contributed by atoms with van der Waals surface area (Å²) in [5, 5.41) is 7.51. The Balaban J connectivity index is 0.000000371. The van der Waals surface area contributed by atoms with E-state index in [4.69, 9.17) is 5.26 Å². The van der Waals surface area contributed by atoms with Crippen LogP contribution in [-0.2, 0) is 19.6 Å². The molecule has 0 N–H and O–H groups in total. The third kappa shape index (κ3) is 8.36. The molecule has 6 nitrogen and oxygen atoms in total. The van der Waals surface area contributed by atoms with Gasteiger partial charge in [0.05, 0.1) is 17.6 Å². The molecular formula is C16H16NO5S-. The van der Waals surface area contributed by atoms with E-state index in [0.717, 1.165) is 5.56 Å². The Kier molecular flexibility index (Phi) is 8.92. The summed E-state index contributed by atoms with van der Waals surface area (Å²) in [5.41, 5.74) is 1.38. The number of cyclic esters (lactones) is 1. The summed E-state index contributed by atoms with van der Waals surface area (Å²) in [4.78, 5) is 10.0. The van der Waals surface area contributed by atoms with Crippen molar-refractivity contribution < 1.29 is 22.5 Å². The number of carbonyl (C=O) groups is 1. The minimum atomic E-state index is -4.31. The Morgan fingerprint density at radius 2 is 1.78 bits per heavy atom. The largest absolute Gasteiger partial charge is 0.744 e. The highest BCUT2D eigenvalue weighted by Crippen LogP contribution is 2.10. The number of nitriles is 1. The quantitative estimate of drug-likeness (QED) is 0.356. The minimum absolute atomic E-state index is 0.215. The fraction of sp³-hybridized carbons (Fsp3) is 0.125. The molecule has 1 saturated heterocycles. The first kappa shape index (κ1) is 20.3. The zero-order valence-corrected chi connectivity index (χ0v) is 13.2. The highest BCUT2D eigenvalue weighted by molar-refractivity contribution is 7.85. The van der Waals surface area contributed by atoms with Gasteiger partial charge in [0.25, 0.3) is 0 Å². The van der Waals surface area contributed by atoms with E-state index in [9.17, 15) is 17.8 Å².